The van der Waals surface area contributed by atoms with E-state index in [0.717, 1.165) is 11.1 Å². The van der Waals surface area contributed by atoms with Crippen LogP contribution < -0.4 is 5.73 Å². The molecule has 0 radical (unpaired) electrons. The molecule has 1 aliphatic rings. The second kappa shape index (κ2) is 3.77. The number of nitrogens with two attached hydrogens (primary N) is 1. The highest BCUT2D eigenvalue weighted by molar-refractivity contribution is 6.13. The molecule has 0 amide bonds. The second-order valence-electron chi connectivity index (χ2n) is 3.44. The van der Waals surface area contributed by atoms with E-state index in [2.05, 4.69) is 0 Å². The van der Waals surface area contributed by atoms with Crippen molar-refractivity contribution in [2.75, 3.05) is 6.61 Å². The van der Waals surface area contributed by atoms with Gasteiger partial charge in [0.05, 0.1) is 12.2 Å². The largest absolute Gasteiger partial charge is 0.479 e. The molecule has 0 heterocycles. The van der Waals surface area contributed by atoms with Crippen LogP contribution in [0.5, 0.6) is 0 Å². The van der Waals surface area contributed by atoms with Gasteiger partial charge in [0.15, 0.2) is 11.7 Å². The molecule has 78 valence electrons. The van der Waals surface area contributed by atoms with Crippen molar-refractivity contribution in [2.24, 2.45) is 5.73 Å². The van der Waals surface area contributed by atoms with Gasteiger partial charge in [-0.1, -0.05) is 24.3 Å². The van der Waals surface area contributed by atoms with Crippen molar-refractivity contribution in [2.45, 2.75) is 13.3 Å². The fraction of sp³-hybridized carbons (Fsp3) is 0.250. The zero-order valence-corrected chi connectivity index (χ0v) is 8.62. The lowest BCUT2D eigenvalue weighted by atomic mass is 10.1. The minimum atomic E-state index is -0.00319. The summed E-state index contributed by atoms with van der Waals surface area (Å²) in [4.78, 5) is 11.9. The van der Waals surface area contributed by atoms with Crippen LogP contribution in [0.4, 0.5) is 0 Å². The number of allylic oxidation sites excluding steroid dienone is 1. The van der Waals surface area contributed by atoms with Gasteiger partial charge in [0.25, 0.3) is 0 Å². The third-order valence-corrected chi connectivity index (χ3v) is 2.50. The average Bonchev–Trinajstić information content (AvgIpc) is 2.57. The summed E-state index contributed by atoms with van der Waals surface area (Å²) >= 11 is 0. The number of ketones is 1. The fourth-order valence-electron chi connectivity index (χ4n) is 1.77. The van der Waals surface area contributed by atoms with E-state index >= 15 is 0 Å². The summed E-state index contributed by atoms with van der Waals surface area (Å²) in [5.41, 5.74) is 8.05. The van der Waals surface area contributed by atoms with Crippen LogP contribution in [0.2, 0.25) is 0 Å². The molecule has 1 aliphatic carbocycles. The Hall–Kier alpha value is -1.77. The van der Waals surface area contributed by atoms with Crippen molar-refractivity contribution in [1.82, 2.24) is 0 Å². The van der Waals surface area contributed by atoms with E-state index in [1.165, 1.54) is 0 Å². The first-order valence-corrected chi connectivity index (χ1v) is 4.98. The normalized spacial score (nSPS) is 17.5. The van der Waals surface area contributed by atoms with Gasteiger partial charge in [-0.15, -0.1) is 0 Å². The summed E-state index contributed by atoms with van der Waals surface area (Å²) < 4.78 is 5.16. The third-order valence-electron chi connectivity index (χ3n) is 2.50. The lowest BCUT2D eigenvalue weighted by Crippen LogP contribution is -2.10. The quantitative estimate of drug-likeness (QED) is 0.587. The first-order valence-electron chi connectivity index (χ1n) is 4.98. The SMILES string of the molecule is CCOC(N)=C1Cc2ccccc2C1=O. The maximum atomic E-state index is 11.9. The lowest BCUT2D eigenvalue weighted by Gasteiger charge is -2.04. The number of Topliss-reactive ketones (excluding diaryl/α,β-unsaturated/α-hetero) is 1. The van der Waals surface area contributed by atoms with Gasteiger partial charge >= 0.3 is 0 Å². The molecule has 0 bridgehead atoms. The number of hydrogen-bond acceptors (Lipinski definition) is 3. The van der Waals surface area contributed by atoms with E-state index in [0.29, 0.717) is 18.6 Å². The molecule has 15 heavy (non-hydrogen) atoms. The summed E-state index contributed by atoms with van der Waals surface area (Å²) in [5.74, 6) is 0.259. The van der Waals surface area contributed by atoms with Crippen LogP contribution in [0.25, 0.3) is 0 Å². The van der Waals surface area contributed by atoms with Gasteiger partial charge in [-0.3, -0.25) is 4.79 Å². The van der Waals surface area contributed by atoms with Gasteiger partial charge in [0.1, 0.15) is 0 Å². The third kappa shape index (κ3) is 1.61. The van der Waals surface area contributed by atoms with Gasteiger partial charge in [-0.05, 0) is 12.5 Å². The van der Waals surface area contributed by atoms with Crippen molar-refractivity contribution >= 4 is 5.78 Å². The molecule has 0 unspecified atom stereocenters. The van der Waals surface area contributed by atoms with Crippen molar-refractivity contribution < 1.29 is 9.53 Å². The second-order valence-corrected chi connectivity index (χ2v) is 3.44. The maximum Gasteiger partial charge on any atom is 0.194 e. The standard InChI is InChI=1S/C12H13NO2/c1-2-15-12(13)10-7-8-5-3-4-6-9(8)11(10)14/h3-6H,2,7,13H2,1H3. The van der Waals surface area contributed by atoms with Gasteiger partial charge in [0, 0.05) is 12.0 Å². The Bertz CT molecular complexity index is 435. The smallest absolute Gasteiger partial charge is 0.194 e. The lowest BCUT2D eigenvalue weighted by molar-refractivity contribution is 0.102. The molecule has 1 aromatic rings. The van der Waals surface area contributed by atoms with E-state index in [1.807, 2.05) is 31.2 Å². The molecule has 2 N–H and O–H groups in total. The highest BCUT2D eigenvalue weighted by atomic mass is 16.5. The molecule has 1 aromatic carbocycles. The van der Waals surface area contributed by atoms with E-state index < -0.39 is 0 Å². The van der Waals surface area contributed by atoms with Crippen LogP contribution in [0.1, 0.15) is 22.8 Å². The average molecular weight is 203 g/mol. The molecule has 3 nitrogen and oxygen atoms in total. The summed E-state index contributed by atoms with van der Waals surface area (Å²) in [6.07, 6.45) is 0.584. The summed E-state index contributed by atoms with van der Waals surface area (Å²) in [6, 6.07) is 7.55. The minimum Gasteiger partial charge on any atom is -0.479 e. The van der Waals surface area contributed by atoms with Gasteiger partial charge in [-0.25, -0.2) is 0 Å². The zero-order valence-electron chi connectivity index (χ0n) is 8.62. The Labute approximate surface area is 88.5 Å². The van der Waals surface area contributed by atoms with Crippen LogP contribution in [0.15, 0.2) is 35.7 Å². The first kappa shape index (κ1) is 9.77. The number of hydrogen-bond donors (Lipinski definition) is 1. The highest BCUT2D eigenvalue weighted by Gasteiger charge is 2.27. The van der Waals surface area contributed by atoms with E-state index in [9.17, 15) is 4.79 Å². The zero-order chi connectivity index (χ0) is 10.8. The first-order chi connectivity index (χ1) is 7.24. The van der Waals surface area contributed by atoms with Crippen LogP contribution in [-0.4, -0.2) is 12.4 Å². The van der Waals surface area contributed by atoms with E-state index in [-0.39, 0.29) is 11.7 Å². The molecule has 2 rings (SSSR count). The van der Waals surface area contributed by atoms with Crippen molar-refractivity contribution in [3.63, 3.8) is 0 Å². The minimum absolute atomic E-state index is 0.00319. The Balaban J connectivity index is 2.39. The maximum absolute atomic E-state index is 11.9. The molecule has 0 aromatic heterocycles. The Morgan fingerprint density at radius 2 is 2.20 bits per heavy atom. The number of fused-ring (bicyclic) bond motifs is 1. The highest BCUT2D eigenvalue weighted by Crippen LogP contribution is 2.27. The number of benzene rings is 1. The Kier molecular flexibility index (Phi) is 2.46. The summed E-state index contributed by atoms with van der Waals surface area (Å²) in [7, 11) is 0. The summed E-state index contributed by atoms with van der Waals surface area (Å²) in [5, 5.41) is 0. The van der Waals surface area contributed by atoms with Crippen LogP contribution in [0.3, 0.4) is 0 Å². The van der Waals surface area contributed by atoms with Gasteiger partial charge in [0.2, 0.25) is 0 Å². The molecule has 3 heteroatoms. The van der Waals surface area contributed by atoms with Crippen molar-refractivity contribution in [3.8, 4) is 0 Å². The topological polar surface area (TPSA) is 52.3 Å². The number of carbonyl (C=O) groups excluding carboxylic acids is 1. The number of carbonyl (C=O) groups is 1. The van der Waals surface area contributed by atoms with Gasteiger partial charge < -0.3 is 10.5 Å². The van der Waals surface area contributed by atoms with Crippen LogP contribution >= 0.6 is 0 Å². The number of rotatable bonds is 2. The van der Waals surface area contributed by atoms with E-state index in [1.54, 1.807) is 0 Å². The molecular weight excluding hydrogens is 190 g/mol. The van der Waals surface area contributed by atoms with E-state index in [4.69, 9.17) is 10.5 Å². The Morgan fingerprint density at radius 3 is 2.87 bits per heavy atom. The monoisotopic (exact) mass is 203 g/mol. The number of ether oxygens (including phenoxy) is 1. The van der Waals surface area contributed by atoms with Crippen molar-refractivity contribution in [3.05, 3.63) is 46.8 Å². The molecule has 0 saturated carbocycles. The molecular formula is C12H13NO2. The predicted octanol–water partition coefficient (Wildman–Crippen LogP) is 1.63. The molecule has 0 saturated heterocycles. The fourth-order valence-corrected chi connectivity index (χ4v) is 1.77. The van der Waals surface area contributed by atoms with Crippen molar-refractivity contribution in [1.29, 1.82) is 0 Å². The summed E-state index contributed by atoms with van der Waals surface area (Å²) in [6.45, 7) is 2.33. The van der Waals surface area contributed by atoms with Gasteiger partial charge in [-0.2, -0.15) is 0 Å². The predicted molar refractivity (Wildman–Crippen MR) is 57.3 cm³/mol. The Morgan fingerprint density at radius 1 is 1.47 bits per heavy atom. The molecule has 0 spiro atoms. The molecule has 0 aliphatic heterocycles. The molecule has 0 atom stereocenters. The molecule has 0 fully saturated rings. The van der Waals surface area contributed by atoms with Crippen LogP contribution in [-0.2, 0) is 11.2 Å². The van der Waals surface area contributed by atoms with Crippen LogP contribution in [0, 0.1) is 0 Å².